The van der Waals surface area contributed by atoms with Crippen molar-refractivity contribution in [3.05, 3.63) is 11.7 Å². The molecule has 0 amide bonds. The highest BCUT2D eigenvalue weighted by Crippen LogP contribution is 2.41. The summed E-state index contributed by atoms with van der Waals surface area (Å²) in [6, 6.07) is 0. The SMILES string of the molecule is CCC(C)C1C(F)=C(F)C(F)C(F)C1F. The summed E-state index contributed by atoms with van der Waals surface area (Å²) >= 11 is 0. The summed E-state index contributed by atoms with van der Waals surface area (Å²) in [4.78, 5) is 0. The van der Waals surface area contributed by atoms with Crippen molar-refractivity contribution in [2.45, 2.75) is 38.8 Å². The Balaban J connectivity index is 3.05. The first-order chi connectivity index (χ1) is 6.91. The molecule has 1 rings (SSSR count). The van der Waals surface area contributed by atoms with E-state index in [4.69, 9.17) is 0 Å². The lowest BCUT2D eigenvalue weighted by atomic mass is 9.80. The predicted molar refractivity (Wildman–Crippen MR) is 46.9 cm³/mol. The highest BCUT2D eigenvalue weighted by atomic mass is 19.2. The molecule has 5 atom stereocenters. The normalized spacial score (nSPS) is 39.4. The van der Waals surface area contributed by atoms with E-state index in [1.807, 2.05) is 0 Å². The predicted octanol–water partition coefficient (Wildman–Crippen LogP) is 3.83. The first kappa shape index (κ1) is 12.5. The molecule has 0 nitrogen and oxygen atoms in total. The van der Waals surface area contributed by atoms with E-state index in [2.05, 4.69) is 0 Å². The number of alkyl halides is 3. The molecule has 0 aromatic rings. The van der Waals surface area contributed by atoms with Crippen LogP contribution in [0.15, 0.2) is 11.7 Å². The largest absolute Gasteiger partial charge is 0.243 e. The minimum Gasteiger partial charge on any atom is -0.243 e. The van der Waals surface area contributed by atoms with E-state index in [0.29, 0.717) is 6.42 Å². The Hall–Kier alpha value is -0.610. The lowest BCUT2D eigenvalue weighted by molar-refractivity contribution is 0.0167. The Labute approximate surface area is 85.2 Å². The van der Waals surface area contributed by atoms with Crippen LogP contribution in [0.3, 0.4) is 0 Å². The third-order valence-corrected chi connectivity index (χ3v) is 2.95. The van der Waals surface area contributed by atoms with Crippen molar-refractivity contribution in [1.29, 1.82) is 0 Å². The molecule has 88 valence electrons. The maximum atomic E-state index is 13.3. The Kier molecular flexibility index (Phi) is 3.73. The topological polar surface area (TPSA) is 0 Å². The number of allylic oxidation sites excluding steroid dienone is 2. The monoisotopic (exact) mass is 228 g/mol. The standard InChI is InChI=1S/C10H13F5/c1-3-4(2)5-6(11)8(13)10(15)9(14)7(5)12/h4-6,8,10H,3H2,1-2H3. The summed E-state index contributed by atoms with van der Waals surface area (Å²) in [6.07, 6.45) is -7.35. The minimum absolute atomic E-state index is 0.370. The molecule has 1 aliphatic rings. The van der Waals surface area contributed by atoms with Gasteiger partial charge in [-0.2, -0.15) is 0 Å². The third kappa shape index (κ3) is 2.01. The Morgan fingerprint density at radius 1 is 1.07 bits per heavy atom. The van der Waals surface area contributed by atoms with Crippen molar-refractivity contribution in [2.24, 2.45) is 11.8 Å². The van der Waals surface area contributed by atoms with Gasteiger partial charge in [0.1, 0.15) is 12.0 Å². The van der Waals surface area contributed by atoms with Gasteiger partial charge in [-0.15, -0.1) is 0 Å². The Morgan fingerprint density at radius 2 is 1.60 bits per heavy atom. The Morgan fingerprint density at radius 3 is 2.07 bits per heavy atom. The average molecular weight is 228 g/mol. The molecule has 0 saturated heterocycles. The smallest absolute Gasteiger partial charge is 0.188 e. The van der Waals surface area contributed by atoms with Gasteiger partial charge in [0.25, 0.3) is 0 Å². The molecule has 0 aromatic carbocycles. The summed E-state index contributed by atoms with van der Waals surface area (Å²) in [5.41, 5.74) is 0. The quantitative estimate of drug-likeness (QED) is 0.630. The molecular formula is C10H13F5. The van der Waals surface area contributed by atoms with E-state index < -0.39 is 42.0 Å². The van der Waals surface area contributed by atoms with E-state index in [0.717, 1.165) is 0 Å². The van der Waals surface area contributed by atoms with Crippen molar-refractivity contribution >= 4 is 0 Å². The molecule has 0 bridgehead atoms. The van der Waals surface area contributed by atoms with Crippen LogP contribution in [-0.4, -0.2) is 18.5 Å². The van der Waals surface area contributed by atoms with Gasteiger partial charge in [0.05, 0.1) is 5.92 Å². The highest BCUT2D eigenvalue weighted by molar-refractivity contribution is 5.19. The van der Waals surface area contributed by atoms with Crippen LogP contribution in [0, 0.1) is 11.8 Å². The van der Waals surface area contributed by atoms with Gasteiger partial charge in [0.15, 0.2) is 18.2 Å². The summed E-state index contributed by atoms with van der Waals surface area (Å²) in [6.45, 7) is 3.13. The molecular weight excluding hydrogens is 215 g/mol. The van der Waals surface area contributed by atoms with E-state index >= 15 is 0 Å². The van der Waals surface area contributed by atoms with Crippen LogP contribution in [-0.2, 0) is 0 Å². The second-order valence-electron chi connectivity index (χ2n) is 3.90. The fourth-order valence-corrected chi connectivity index (χ4v) is 1.75. The van der Waals surface area contributed by atoms with Crippen molar-refractivity contribution < 1.29 is 22.0 Å². The van der Waals surface area contributed by atoms with Crippen molar-refractivity contribution in [3.63, 3.8) is 0 Å². The van der Waals surface area contributed by atoms with Gasteiger partial charge in [0, 0.05) is 0 Å². The summed E-state index contributed by atoms with van der Waals surface area (Å²) < 4.78 is 65.0. The van der Waals surface area contributed by atoms with E-state index in [1.165, 1.54) is 6.92 Å². The fourth-order valence-electron chi connectivity index (χ4n) is 1.75. The zero-order valence-electron chi connectivity index (χ0n) is 8.48. The van der Waals surface area contributed by atoms with Crippen LogP contribution in [0.5, 0.6) is 0 Å². The van der Waals surface area contributed by atoms with Crippen LogP contribution in [0.4, 0.5) is 22.0 Å². The van der Waals surface area contributed by atoms with Crippen molar-refractivity contribution in [2.75, 3.05) is 0 Å². The number of hydrogen-bond acceptors (Lipinski definition) is 0. The zero-order valence-corrected chi connectivity index (χ0v) is 8.48. The van der Waals surface area contributed by atoms with Gasteiger partial charge < -0.3 is 0 Å². The minimum atomic E-state index is -2.81. The van der Waals surface area contributed by atoms with Crippen LogP contribution in [0.2, 0.25) is 0 Å². The van der Waals surface area contributed by atoms with Crippen molar-refractivity contribution in [3.8, 4) is 0 Å². The molecule has 0 aromatic heterocycles. The molecule has 0 radical (unpaired) electrons. The zero-order chi connectivity index (χ0) is 11.7. The molecule has 1 aliphatic carbocycles. The number of halogens is 5. The second-order valence-corrected chi connectivity index (χ2v) is 3.90. The maximum Gasteiger partial charge on any atom is 0.188 e. The van der Waals surface area contributed by atoms with Crippen LogP contribution in [0.25, 0.3) is 0 Å². The number of hydrogen-bond donors (Lipinski definition) is 0. The van der Waals surface area contributed by atoms with Gasteiger partial charge >= 0.3 is 0 Å². The first-order valence-corrected chi connectivity index (χ1v) is 4.89. The number of rotatable bonds is 2. The molecule has 0 N–H and O–H groups in total. The van der Waals surface area contributed by atoms with Gasteiger partial charge in [0.2, 0.25) is 0 Å². The average Bonchev–Trinajstić information content (AvgIpc) is 2.23. The molecule has 0 fully saturated rings. The van der Waals surface area contributed by atoms with Gasteiger partial charge in [-0.05, 0) is 5.92 Å². The van der Waals surface area contributed by atoms with E-state index in [-0.39, 0.29) is 0 Å². The lowest BCUT2D eigenvalue weighted by Gasteiger charge is -2.32. The molecule has 0 saturated carbocycles. The first-order valence-electron chi connectivity index (χ1n) is 4.89. The highest BCUT2D eigenvalue weighted by Gasteiger charge is 2.48. The summed E-state index contributed by atoms with van der Waals surface area (Å²) in [5.74, 6) is -5.33. The van der Waals surface area contributed by atoms with Crippen LogP contribution in [0.1, 0.15) is 20.3 Å². The summed E-state index contributed by atoms with van der Waals surface area (Å²) in [7, 11) is 0. The van der Waals surface area contributed by atoms with Crippen LogP contribution < -0.4 is 0 Å². The molecule has 15 heavy (non-hydrogen) atoms. The van der Waals surface area contributed by atoms with Gasteiger partial charge in [-0.25, -0.2) is 22.0 Å². The van der Waals surface area contributed by atoms with E-state index in [1.54, 1.807) is 6.92 Å². The molecule has 0 spiro atoms. The maximum absolute atomic E-state index is 13.3. The van der Waals surface area contributed by atoms with E-state index in [9.17, 15) is 22.0 Å². The Bertz CT molecular complexity index is 263. The van der Waals surface area contributed by atoms with Gasteiger partial charge in [-0.3, -0.25) is 0 Å². The molecule has 5 heteroatoms. The van der Waals surface area contributed by atoms with Crippen molar-refractivity contribution in [1.82, 2.24) is 0 Å². The lowest BCUT2D eigenvalue weighted by Crippen LogP contribution is -2.42. The molecule has 0 heterocycles. The second kappa shape index (κ2) is 4.49. The summed E-state index contributed by atoms with van der Waals surface area (Å²) in [5, 5.41) is 0. The molecule has 5 unspecified atom stereocenters. The van der Waals surface area contributed by atoms with Crippen LogP contribution >= 0.6 is 0 Å². The third-order valence-electron chi connectivity index (χ3n) is 2.95. The fraction of sp³-hybridized carbons (Fsp3) is 0.800. The van der Waals surface area contributed by atoms with Gasteiger partial charge in [-0.1, -0.05) is 20.3 Å². The molecule has 0 aliphatic heterocycles.